The number of nitrogens with one attached hydrogen (secondary N) is 2. The van der Waals surface area contributed by atoms with Crippen molar-refractivity contribution in [2.45, 2.75) is 180 Å². The third-order valence-electron chi connectivity index (χ3n) is 8.97. The number of rotatable bonds is 29. The highest BCUT2D eigenvalue weighted by molar-refractivity contribution is 5.87. The van der Waals surface area contributed by atoms with Crippen LogP contribution in [0, 0.1) is 0 Å². The molecule has 250 valence electrons. The molecule has 1 aromatic carbocycles. The van der Waals surface area contributed by atoms with Gasteiger partial charge in [-0.15, -0.1) is 0 Å². The average molecular weight is 611 g/mol. The molecule has 2 aromatic rings. The van der Waals surface area contributed by atoms with Crippen molar-refractivity contribution < 1.29 is 14.3 Å². The molecule has 1 aromatic heterocycles. The predicted molar refractivity (Wildman–Crippen MR) is 187 cm³/mol. The molecule has 0 saturated heterocycles. The molecule has 5 nitrogen and oxygen atoms in total. The molecule has 5 heteroatoms. The smallest absolute Gasteiger partial charge is 0.328 e. The van der Waals surface area contributed by atoms with E-state index < -0.39 is 6.04 Å². The van der Waals surface area contributed by atoms with Gasteiger partial charge in [-0.3, -0.25) is 4.79 Å². The molecular formula is C39H66N2O3. The van der Waals surface area contributed by atoms with Crippen molar-refractivity contribution in [1.82, 2.24) is 10.3 Å². The van der Waals surface area contributed by atoms with Crippen LogP contribution in [0.25, 0.3) is 10.9 Å². The SMILES string of the molecule is CCCCCCCCCCCCCCCCOC(=O)C(Cc1c[nH]c2ccccc12)NC(=O)CCCCCCCCCCC. The topological polar surface area (TPSA) is 71.2 Å². The van der Waals surface area contributed by atoms with E-state index in [1.807, 2.05) is 24.4 Å². The third kappa shape index (κ3) is 17.9. The molecule has 0 aliphatic rings. The molecule has 0 bridgehead atoms. The van der Waals surface area contributed by atoms with Crippen LogP contribution in [0.2, 0.25) is 0 Å². The Morgan fingerprint density at radius 2 is 1.14 bits per heavy atom. The third-order valence-corrected chi connectivity index (χ3v) is 8.97. The zero-order valence-corrected chi connectivity index (χ0v) is 28.6. The number of para-hydroxylation sites is 1. The summed E-state index contributed by atoms with van der Waals surface area (Å²) in [5.74, 6) is -0.364. The van der Waals surface area contributed by atoms with Crippen LogP contribution < -0.4 is 5.32 Å². The fourth-order valence-electron chi connectivity index (χ4n) is 6.15. The fraction of sp³-hybridized carbons (Fsp3) is 0.744. The lowest BCUT2D eigenvalue weighted by atomic mass is 10.0. The van der Waals surface area contributed by atoms with Crippen LogP contribution in [0.5, 0.6) is 0 Å². The number of amides is 1. The maximum atomic E-state index is 13.2. The number of carbonyl (C=O) groups excluding carboxylic acids is 2. The number of hydrogen-bond donors (Lipinski definition) is 2. The van der Waals surface area contributed by atoms with Crippen molar-refractivity contribution in [2.24, 2.45) is 0 Å². The molecule has 0 aliphatic heterocycles. The number of unbranched alkanes of at least 4 members (excludes halogenated alkanes) is 21. The standard InChI is InChI=1S/C39H66N2O3/c1-3-5-7-9-11-13-14-15-16-17-19-21-23-27-31-44-39(43)37(32-34-33-40-36-29-26-25-28-35(34)36)41-38(42)30-24-22-20-18-12-10-8-6-4-2/h25-26,28-29,33,37,40H,3-24,27,30-32H2,1-2H3,(H,41,42). The van der Waals surface area contributed by atoms with E-state index in [0.717, 1.165) is 42.1 Å². The number of esters is 1. The molecule has 1 unspecified atom stereocenters. The molecule has 0 spiro atoms. The van der Waals surface area contributed by atoms with Crippen LogP contribution in [-0.2, 0) is 20.7 Å². The van der Waals surface area contributed by atoms with E-state index >= 15 is 0 Å². The van der Waals surface area contributed by atoms with E-state index in [4.69, 9.17) is 4.74 Å². The quantitative estimate of drug-likeness (QED) is 0.0711. The van der Waals surface area contributed by atoms with Gasteiger partial charge < -0.3 is 15.0 Å². The Bertz CT molecular complexity index is 985. The van der Waals surface area contributed by atoms with Crippen molar-refractivity contribution in [3.63, 3.8) is 0 Å². The van der Waals surface area contributed by atoms with Gasteiger partial charge in [-0.05, 0) is 24.5 Å². The lowest BCUT2D eigenvalue weighted by molar-refractivity contribution is -0.148. The molecule has 1 atom stereocenters. The lowest BCUT2D eigenvalue weighted by Crippen LogP contribution is -2.43. The molecular weight excluding hydrogens is 544 g/mol. The number of ether oxygens (including phenoxy) is 1. The molecule has 0 radical (unpaired) electrons. The van der Waals surface area contributed by atoms with Crippen molar-refractivity contribution in [1.29, 1.82) is 0 Å². The summed E-state index contributed by atoms with van der Waals surface area (Å²) in [6.07, 6.45) is 32.0. The minimum absolute atomic E-state index is 0.0498. The van der Waals surface area contributed by atoms with Crippen molar-refractivity contribution >= 4 is 22.8 Å². The van der Waals surface area contributed by atoms with Gasteiger partial charge in [0, 0.05) is 29.9 Å². The highest BCUT2D eigenvalue weighted by Crippen LogP contribution is 2.20. The largest absolute Gasteiger partial charge is 0.464 e. The molecule has 2 N–H and O–H groups in total. The van der Waals surface area contributed by atoms with Crippen LogP contribution in [0.3, 0.4) is 0 Å². The first-order valence-electron chi connectivity index (χ1n) is 18.7. The first-order chi connectivity index (χ1) is 21.7. The van der Waals surface area contributed by atoms with E-state index in [9.17, 15) is 9.59 Å². The van der Waals surface area contributed by atoms with Crippen molar-refractivity contribution in [2.75, 3.05) is 6.61 Å². The summed E-state index contributed by atoms with van der Waals surface area (Å²) < 4.78 is 5.71. The summed E-state index contributed by atoms with van der Waals surface area (Å²) in [6.45, 7) is 4.95. The van der Waals surface area contributed by atoms with Gasteiger partial charge in [-0.2, -0.15) is 0 Å². The molecule has 0 fully saturated rings. The van der Waals surface area contributed by atoms with Crippen LogP contribution in [-0.4, -0.2) is 29.5 Å². The molecule has 0 saturated carbocycles. The maximum absolute atomic E-state index is 13.2. The zero-order valence-electron chi connectivity index (χ0n) is 28.6. The Morgan fingerprint density at radius 3 is 1.68 bits per heavy atom. The highest BCUT2D eigenvalue weighted by atomic mass is 16.5. The zero-order chi connectivity index (χ0) is 31.5. The number of benzene rings is 1. The fourth-order valence-corrected chi connectivity index (χ4v) is 6.15. The van der Waals surface area contributed by atoms with Crippen LogP contribution in [0.1, 0.15) is 174 Å². The van der Waals surface area contributed by atoms with E-state index in [-0.39, 0.29) is 11.9 Å². The van der Waals surface area contributed by atoms with Crippen LogP contribution in [0.15, 0.2) is 30.5 Å². The van der Waals surface area contributed by atoms with Gasteiger partial charge in [-0.25, -0.2) is 4.79 Å². The summed E-state index contributed by atoms with van der Waals surface area (Å²) in [6, 6.07) is 7.43. The highest BCUT2D eigenvalue weighted by Gasteiger charge is 2.24. The summed E-state index contributed by atoms with van der Waals surface area (Å²) in [7, 11) is 0. The number of H-pyrrole nitrogens is 1. The lowest BCUT2D eigenvalue weighted by Gasteiger charge is -2.18. The second kappa shape index (κ2) is 26.0. The van der Waals surface area contributed by atoms with Gasteiger partial charge in [0.05, 0.1) is 6.61 Å². The van der Waals surface area contributed by atoms with Gasteiger partial charge in [0.2, 0.25) is 5.91 Å². The predicted octanol–water partition coefficient (Wildman–Crippen LogP) is 11.1. The monoisotopic (exact) mass is 611 g/mol. The number of aromatic amines is 1. The summed E-state index contributed by atoms with van der Waals surface area (Å²) >= 11 is 0. The van der Waals surface area contributed by atoms with Crippen LogP contribution in [0.4, 0.5) is 0 Å². The second-order valence-corrected chi connectivity index (χ2v) is 13.0. The van der Waals surface area contributed by atoms with E-state index in [1.165, 1.54) is 122 Å². The van der Waals surface area contributed by atoms with E-state index in [0.29, 0.717) is 19.4 Å². The Hall–Kier alpha value is -2.30. The molecule has 44 heavy (non-hydrogen) atoms. The summed E-state index contributed by atoms with van der Waals surface area (Å²) in [5, 5.41) is 4.11. The Balaban J connectivity index is 1.65. The molecule has 1 amide bonds. The second-order valence-electron chi connectivity index (χ2n) is 13.0. The minimum Gasteiger partial charge on any atom is -0.464 e. The van der Waals surface area contributed by atoms with E-state index in [2.05, 4.69) is 30.2 Å². The van der Waals surface area contributed by atoms with Gasteiger partial charge >= 0.3 is 5.97 Å². The Labute approximate surface area is 270 Å². The van der Waals surface area contributed by atoms with Crippen LogP contribution >= 0.6 is 0 Å². The molecule has 1 heterocycles. The number of hydrogen-bond acceptors (Lipinski definition) is 3. The number of fused-ring (bicyclic) bond motifs is 1. The maximum Gasteiger partial charge on any atom is 0.328 e. The summed E-state index contributed by atoms with van der Waals surface area (Å²) in [4.78, 5) is 29.3. The minimum atomic E-state index is -0.660. The Kier molecular flexibility index (Phi) is 22.4. The summed E-state index contributed by atoms with van der Waals surface area (Å²) in [5.41, 5.74) is 2.07. The van der Waals surface area contributed by atoms with Crippen molar-refractivity contribution in [3.8, 4) is 0 Å². The van der Waals surface area contributed by atoms with Gasteiger partial charge in [-0.1, -0.05) is 167 Å². The first-order valence-corrected chi connectivity index (χ1v) is 18.7. The number of carbonyl (C=O) groups is 2. The molecule has 0 aliphatic carbocycles. The normalized spacial score (nSPS) is 12.0. The first kappa shape index (κ1) is 37.9. The van der Waals surface area contributed by atoms with Gasteiger partial charge in [0.25, 0.3) is 0 Å². The van der Waals surface area contributed by atoms with Gasteiger partial charge in [0.15, 0.2) is 0 Å². The average Bonchev–Trinajstić information content (AvgIpc) is 3.44. The van der Waals surface area contributed by atoms with E-state index in [1.54, 1.807) is 0 Å². The van der Waals surface area contributed by atoms with Gasteiger partial charge in [0.1, 0.15) is 6.04 Å². The number of aromatic nitrogens is 1. The van der Waals surface area contributed by atoms with Crippen molar-refractivity contribution in [3.05, 3.63) is 36.0 Å². The molecule has 2 rings (SSSR count). The Morgan fingerprint density at radius 1 is 0.659 bits per heavy atom.